The van der Waals surface area contributed by atoms with Crippen LogP contribution in [-0.4, -0.2) is 9.78 Å². The van der Waals surface area contributed by atoms with E-state index in [0.717, 1.165) is 11.0 Å². The third kappa shape index (κ3) is 2.23. The summed E-state index contributed by atoms with van der Waals surface area (Å²) in [6.07, 6.45) is 3.75. The van der Waals surface area contributed by atoms with E-state index >= 15 is 0 Å². The number of halogens is 1. The van der Waals surface area contributed by atoms with Gasteiger partial charge in [0.2, 0.25) is 0 Å². The first-order valence-electron chi connectivity index (χ1n) is 4.23. The van der Waals surface area contributed by atoms with Gasteiger partial charge in [0.05, 0.1) is 17.2 Å². The Kier molecular flexibility index (Phi) is 3.00. The molecular weight excluding hydrogens is 262 g/mol. The van der Waals surface area contributed by atoms with Crippen LogP contribution < -0.4 is 5.73 Å². The number of rotatable bonds is 3. The summed E-state index contributed by atoms with van der Waals surface area (Å²) in [6, 6.07) is 4.17. The molecule has 14 heavy (non-hydrogen) atoms. The Balaban J connectivity index is 2.10. The molecule has 0 aliphatic heterocycles. The fourth-order valence-corrected chi connectivity index (χ4v) is 2.42. The minimum atomic E-state index is 0.619. The van der Waals surface area contributed by atoms with E-state index in [-0.39, 0.29) is 0 Å². The molecule has 0 aliphatic carbocycles. The first-order valence-corrected chi connectivity index (χ1v) is 5.84. The number of thiophene rings is 1. The molecule has 0 saturated heterocycles. The molecule has 0 saturated carbocycles. The monoisotopic (exact) mass is 271 g/mol. The molecule has 5 heteroatoms. The summed E-state index contributed by atoms with van der Waals surface area (Å²) < 4.78 is 2.91. The molecule has 2 aromatic rings. The van der Waals surface area contributed by atoms with Crippen molar-refractivity contribution in [3.63, 3.8) is 0 Å². The highest BCUT2D eigenvalue weighted by Gasteiger charge is 2.00. The lowest BCUT2D eigenvalue weighted by molar-refractivity contribution is 0.694. The predicted octanol–water partition coefficient (Wildman–Crippen LogP) is 2.21. The summed E-state index contributed by atoms with van der Waals surface area (Å²) in [5.41, 5.74) is 5.54. The van der Waals surface area contributed by atoms with E-state index in [0.29, 0.717) is 6.54 Å². The van der Waals surface area contributed by atoms with Crippen LogP contribution in [0.1, 0.15) is 9.75 Å². The summed E-state index contributed by atoms with van der Waals surface area (Å²) >= 11 is 5.10. The SMILES string of the molecule is NCc1ccc(Cn2cc(Br)cn2)s1. The van der Waals surface area contributed by atoms with Gasteiger partial charge in [-0.25, -0.2) is 0 Å². The molecule has 0 aliphatic rings. The normalized spacial score (nSPS) is 10.7. The zero-order chi connectivity index (χ0) is 9.97. The average molecular weight is 272 g/mol. The van der Waals surface area contributed by atoms with Crippen molar-refractivity contribution in [2.75, 3.05) is 0 Å². The zero-order valence-electron chi connectivity index (χ0n) is 7.48. The van der Waals surface area contributed by atoms with E-state index in [1.165, 1.54) is 9.75 Å². The van der Waals surface area contributed by atoms with Gasteiger partial charge in [0.15, 0.2) is 0 Å². The number of hydrogen-bond acceptors (Lipinski definition) is 3. The maximum absolute atomic E-state index is 5.54. The van der Waals surface area contributed by atoms with Gasteiger partial charge in [0.25, 0.3) is 0 Å². The molecule has 0 radical (unpaired) electrons. The quantitative estimate of drug-likeness (QED) is 0.931. The Morgan fingerprint density at radius 2 is 2.21 bits per heavy atom. The lowest BCUT2D eigenvalue weighted by atomic mass is 10.4. The Morgan fingerprint density at radius 3 is 2.79 bits per heavy atom. The van der Waals surface area contributed by atoms with Crippen LogP contribution in [0.4, 0.5) is 0 Å². The van der Waals surface area contributed by atoms with Gasteiger partial charge in [-0.1, -0.05) is 0 Å². The number of nitrogens with two attached hydrogens (primary N) is 1. The summed E-state index contributed by atoms with van der Waals surface area (Å²) in [5.74, 6) is 0. The van der Waals surface area contributed by atoms with Crippen LogP contribution in [0.15, 0.2) is 29.0 Å². The van der Waals surface area contributed by atoms with Crippen molar-refractivity contribution in [2.24, 2.45) is 5.73 Å². The lowest BCUT2D eigenvalue weighted by Gasteiger charge is -1.96. The van der Waals surface area contributed by atoms with E-state index in [9.17, 15) is 0 Å². The molecule has 0 unspecified atom stereocenters. The Morgan fingerprint density at radius 1 is 1.43 bits per heavy atom. The molecule has 2 heterocycles. The van der Waals surface area contributed by atoms with Gasteiger partial charge in [-0.15, -0.1) is 11.3 Å². The Bertz CT molecular complexity index is 421. The maximum atomic E-state index is 5.54. The molecule has 2 N–H and O–H groups in total. The number of hydrogen-bond donors (Lipinski definition) is 1. The van der Waals surface area contributed by atoms with E-state index in [4.69, 9.17) is 5.73 Å². The van der Waals surface area contributed by atoms with Gasteiger partial charge in [0, 0.05) is 22.5 Å². The second kappa shape index (κ2) is 4.25. The average Bonchev–Trinajstić information content (AvgIpc) is 2.76. The van der Waals surface area contributed by atoms with Crippen LogP contribution in [0, 0.1) is 0 Å². The molecule has 0 bridgehead atoms. The highest BCUT2D eigenvalue weighted by atomic mass is 79.9. The minimum absolute atomic E-state index is 0.619. The van der Waals surface area contributed by atoms with Gasteiger partial charge in [-0.05, 0) is 28.1 Å². The third-order valence-electron chi connectivity index (χ3n) is 1.84. The third-order valence-corrected chi connectivity index (χ3v) is 3.34. The van der Waals surface area contributed by atoms with Gasteiger partial charge < -0.3 is 5.73 Å². The highest BCUT2D eigenvalue weighted by molar-refractivity contribution is 9.10. The molecule has 2 aromatic heterocycles. The first kappa shape index (κ1) is 9.89. The van der Waals surface area contributed by atoms with Gasteiger partial charge >= 0.3 is 0 Å². The van der Waals surface area contributed by atoms with Crippen molar-refractivity contribution >= 4 is 27.3 Å². The zero-order valence-corrected chi connectivity index (χ0v) is 9.88. The van der Waals surface area contributed by atoms with Crippen molar-refractivity contribution in [3.8, 4) is 0 Å². The standard InChI is InChI=1S/C9H10BrN3S/c10-7-4-12-13(5-7)6-9-2-1-8(3-11)14-9/h1-2,4-5H,3,6,11H2. The molecular formula is C9H10BrN3S. The molecule has 0 spiro atoms. The van der Waals surface area contributed by atoms with Gasteiger partial charge in [-0.2, -0.15) is 5.10 Å². The molecule has 0 atom stereocenters. The lowest BCUT2D eigenvalue weighted by Crippen LogP contribution is -1.97. The second-order valence-corrected chi connectivity index (χ2v) is 5.10. The predicted molar refractivity (Wildman–Crippen MR) is 61.2 cm³/mol. The highest BCUT2D eigenvalue weighted by Crippen LogP contribution is 2.17. The van der Waals surface area contributed by atoms with Gasteiger partial charge in [-0.3, -0.25) is 4.68 Å². The fourth-order valence-electron chi connectivity index (χ4n) is 1.20. The molecule has 0 amide bonds. The van der Waals surface area contributed by atoms with Crippen molar-refractivity contribution in [2.45, 2.75) is 13.1 Å². The number of aromatic nitrogens is 2. The molecule has 0 fully saturated rings. The van der Waals surface area contributed by atoms with Crippen molar-refractivity contribution in [3.05, 3.63) is 38.8 Å². The molecule has 2 rings (SSSR count). The summed E-state index contributed by atoms with van der Waals surface area (Å²) in [5, 5.41) is 4.19. The fraction of sp³-hybridized carbons (Fsp3) is 0.222. The molecule has 74 valence electrons. The second-order valence-electron chi connectivity index (χ2n) is 2.93. The van der Waals surface area contributed by atoms with Crippen molar-refractivity contribution in [1.82, 2.24) is 9.78 Å². The van der Waals surface area contributed by atoms with Crippen LogP contribution in [0.5, 0.6) is 0 Å². The molecule has 3 nitrogen and oxygen atoms in total. The van der Waals surface area contributed by atoms with Crippen molar-refractivity contribution < 1.29 is 0 Å². The van der Waals surface area contributed by atoms with Crippen LogP contribution in [0.25, 0.3) is 0 Å². The van der Waals surface area contributed by atoms with E-state index in [2.05, 4.69) is 33.2 Å². The van der Waals surface area contributed by atoms with Gasteiger partial charge in [0.1, 0.15) is 0 Å². The van der Waals surface area contributed by atoms with Crippen LogP contribution in [0.3, 0.4) is 0 Å². The number of nitrogens with zero attached hydrogens (tertiary/aromatic N) is 2. The Hall–Kier alpha value is -0.650. The smallest absolute Gasteiger partial charge is 0.0752 e. The summed E-state index contributed by atoms with van der Waals surface area (Å²) in [6.45, 7) is 1.43. The van der Waals surface area contributed by atoms with E-state index < -0.39 is 0 Å². The van der Waals surface area contributed by atoms with E-state index in [1.807, 2.05) is 10.9 Å². The minimum Gasteiger partial charge on any atom is -0.326 e. The van der Waals surface area contributed by atoms with Crippen LogP contribution in [0.2, 0.25) is 0 Å². The maximum Gasteiger partial charge on any atom is 0.0752 e. The van der Waals surface area contributed by atoms with Crippen LogP contribution in [-0.2, 0) is 13.1 Å². The summed E-state index contributed by atoms with van der Waals surface area (Å²) in [4.78, 5) is 2.49. The largest absolute Gasteiger partial charge is 0.326 e. The summed E-state index contributed by atoms with van der Waals surface area (Å²) in [7, 11) is 0. The van der Waals surface area contributed by atoms with Crippen molar-refractivity contribution in [1.29, 1.82) is 0 Å². The van der Waals surface area contributed by atoms with E-state index in [1.54, 1.807) is 17.5 Å². The Labute approximate surface area is 94.7 Å². The first-order chi connectivity index (χ1) is 6.78. The van der Waals surface area contributed by atoms with Crippen LogP contribution >= 0.6 is 27.3 Å². The topological polar surface area (TPSA) is 43.8 Å². The molecule has 0 aromatic carbocycles.